The second-order valence-corrected chi connectivity index (χ2v) is 8.66. The van der Waals surface area contributed by atoms with E-state index < -0.39 is 0 Å². The van der Waals surface area contributed by atoms with Crippen LogP contribution < -0.4 is 10.6 Å². The molecule has 180 valence electrons. The molecule has 8 nitrogen and oxygen atoms in total. The van der Waals surface area contributed by atoms with Crippen molar-refractivity contribution in [2.24, 2.45) is 0 Å². The summed E-state index contributed by atoms with van der Waals surface area (Å²) in [5, 5.41) is 6.11. The van der Waals surface area contributed by atoms with Gasteiger partial charge >= 0.3 is 0 Å². The highest BCUT2D eigenvalue weighted by Gasteiger charge is 2.26. The molecule has 0 radical (unpaired) electrons. The number of imidazole rings is 1. The third-order valence-corrected chi connectivity index (χ3v) is 6.32. The number of benzene rings is 2. The molecule has 2 heterocycles. The maximum atomic E-state index is 13.2. The Morgan fingerprint density at radius 3 is 2.60 bits per heavy atom. The van der Waals surface area contributed by atoms with Gasteiger partial charge in [-0.2, -0.15) is 0 Å². The highest BCUT2D eigenvalue weighted by molar-refractivity contribution is 6.35. The second-order valence-electron chi connectivity index (χ2n) is 8.26. The van der Waals surface area contributed by atoms with E-state index in [2.05, 4.69) is 28.8 Å². The average molecular weight is 492 g/mol. The predicted octanol–water partition coefficient (Wildman–Crippen LogP) is 4.81. The monoisotopic (exact) mass is 491 g/mol. The zero-order valence-corrected chi connectivity index (χ0v) is 19.9. The number of nitrogens with one attached hydrogen (secondary N) is 2. The van der Waals surface area contributed by atoms with E-state index in [1.165, 1.54) is 6.08 Å². The van der Waals surface area contributed by atoms with Gasteiger partial charge in [-0.1, -0.05) is 36.9 Å². The lowest BCUT2D eigenvalue weighted by Gasteiger charge is -2.21. The van der Waals surface area contributed by atoms with Gasteiger partial charge in [-0.25, -0.2) is 4.98 Å². The number of likely N-dealkylation sites (tertiary alicyclic amines) is 1. The van der Waals surface area contributed by atoms with Crippen molar-refractivity contribution in [2.75, 3.05) is 23.7 Å². The van der Waals surface area contributed by atoms with Crippen LogP contribution in [0.4, 0.5) is 11.6 Å². The highest BCUT2D eigenvalue weighted by atomic mass is 35.5. The van der Waals surface area contributed by atoms with Crippen LogP contribution in [0.25, 0.3) is 11.0 Å². The first-order valence-corrected chi connectivity index (χ1v) is 11.7. The number of para-hydroxylation sites is 1. The number of aromatic nitrogens is 2. The van der Waals surface area contributed by atoms with Crippen molar-refractivity contribution in [2.45, 2.75) is 25.3 Å². The van der Waals surface area contributed by atoms with E-state index in [-0.39, 0.29) is 23.8 Å². The molecule has 1 aliphatic rings. The molecule has 3 aromatic rings. The highest BCUT2D eigenvalue weighted by Crippen LogP contribution is 2.34. The van der Waals surface area contributed by atoms with Crippen LogP contribution in [0.1, 0.15) is 35.7 Å². The fraction of sp³-hybridized carbons (Fsp3) is 0.231. The van der Waals surface area contributed by atoms with Crippen molar-refractivity contribution in [1.29, 1.82) is 0 Å². The SMILES string of the molecule is C=CC(=O)Nc1cccc(C(=O)Nc2nc3cccc(Cl)c3n2C2CCCN(C(=O)C=C)CC2)c1. The predicted molar refractivity (Wildman–Crippen MR) is 138 cm³/mol. The Kier molecular flexibility index (Phi) is 7.31. The third kappa shape index (κ3) is 5.27. The maximum Gasteiger partial charge on any atom is 0.258 e. The molecule has 0 saturated carbocycles. The minimum atomic E-state index is -0.371. The van der Waals surface area contributed by atoms with E-state index in [1.54, 1.807) is 35.2 Å². The van der Waals surface area contributed by atoms with Gasteiger partial charge in [0.25, 0.3) is 5.91 Å². The number of hydrogen-bond donors (Lipinski definition) is 2. The molecule has 1 atom stereocenters. The molecule has 0 aliphatic carbocycles. The second kappa shape index (κ2) is 10.6. The summed E-state index contributed by atoms with van der Waals surface area (Å²) in [4.78, 5) is 43.4. The van der Waals surface area contributed by atoms with E-state index in [0.29, 0.717) is 47.2 Å². The Morgan fingerprint density at radius 1 is 1.03 bits per heavy atom. The van der Waals surface area contributed by atoms with Gasteiger partial charge in [0, 0.05) is 30.4 Å². The van der Waals surface area contributed by atoms with E-state index in [1.807, 2.05) is 16.7 Å². The Balaban J connectivity index is 1.66. The Labute approximate surface area is 208 Å². The molecule has 1 saturated heterocycles. The van der Waals surface area contributed by atoms with Crippen LogP contribution in [0.15, 0.2) is 67.8 Å². The van der Waals surface area contributed by atoms with Crippen LogP contribution >= 0.6 is 11.6 Å². The molecule has 9 heteroatoms. The van der Waals surface area contributed by atoms with Crippen LogP contribution in [0.2, 0.25) is 5.02 Å². The number of anilines is 2. The van der Waals surface area contributed by atoms with Crippen LogP contribution in [0, 0.1) is 0 Å². The van der Waals surface area contributed by atoms with Gasteiger partial charge in [0.1, 0.15) is 0 Å². The molecule has 1 aromatic heterocycles. The molecule has 1 unspecified atom stereocenters. The van der Waals surface area contributed by atoms with Crippen molar-refractivity contribution >= 4 is 52.0 Å². The molecule has 3 amide bonds. The number of rotatable bonds is 6. The summed E-state index contributed by atoms with van der Waals surface area (Å²) >= 11 is 6.57. The molecule has 35 heavy (non-hydrogen) atoms. The molecule has 2 N–H and O–H groups in total. The number of carbonyl (C=O) groups excluding carboxylic acids is 3. The smallest absolute Gasteiger partial charge is 0.258 e. The van der Waals surface area contributed by atoms with Gasteiger partial charge in [-0.15, -0.1) is 0 Å². The molecule has 1 aliphatic heterocycles. The zero-order chi connectivity index (χ0) is 24.9. The van der Waals surface area contributed by atoms with Crippen molar-refractivity contribution in [3.05, 3.63) is 78.4 Å². The summed E-state index contributed by atoms with van der Waals surface area (Å²) in [7, 11) is 0. The van der Waals surface area contributed by atoms with Gasteiger partial charge in [0.2, 0.25) is 17.8 Å². The quantitative estimate of drug-likeness (QED) is 0.484. The molecular weight excluding hydrogens is 466 g/mol. The lowest BCUT2D eigenvalue weighted by Crippen LogP contribution is -2.30. The van der Waals surface area contributed by atoms with Crippen molar-refractivity contribution < 1.29 is 14.4 Å². The van der Waals surface area contributed by atoms with E-state index in [9.17, 15) is 14.4 Å². The molecule has 2 aromatic carbocycles. The van der Waals surface area contributed by atoms with Gasteiger partial charge < -0.3 is 14.8 Å². The summed E-state index contributed by atoms with van der Waals surface area (Å²) in [5.41, 5.74) is 2.25. The largest absolute Gasteiger partial charge is 0.339 e. The summed E-state index contributed by atoms with van der Waals surface area (Å²) in [6, 6.07) is 12.1. The van der Waals surface area contributed by atoms with Crippen LogP contribution in [0.3, 0.4) is 0 Å². The first-order valence-electron chi connectivity index (χ1n) is 11.3. The summed E-state index contributed by atoms with van der Waals surface area (Å²) in [6.07, 6.45) is 4.77. The Bertz CT molecular complexity index is 1320. The van der Waals surface area contributed by atoms with E-state index in [0.717, 1.165) is 24.4 Å². The first kappa shape index (κ1) is 24.2. The fourth-order valence-electron chi connectivity index (χ4n) is 4.34. The van der Waals surface area contributed by atoms with Crippen molar-refractivity contribution in [3.8, 4) is 0 Å². The third-order valence-electron chi connectivity index (χ3n) is 6.01. The summed E-state index contributed by atoms with van der Waals surface area (Å²) in [6.45, 7) is 8.24. The van der Waals surface area contributed by atoms with Gasteiger partial charge in [0.15, 0.2) is 0 Å². The number of carbonyl (C=O) groups is 3. The molecule has 4 rings (SSSR count). The fourth-order valence-corrected chi connectivity index (χ4v) is 4.60. The lowest BCUT2D eigenvalue weighted by molar-refractivity contribution is -0.126. The maximum absolute atomic E-state index is 13.2. The van der Waals surface area contributed by atoms with Crippen molar-refractivity contribution in [1.82, 2.24) is 14.5 Å². The van der Waals surface area contributed by atoms with Crippen LogP contribution in [0.5, 0.6) is 0 Å². The number of halogens is 1. The van der Waals surface area contributed by atoms with Gasteiger partial charge in [-0.05, 0) is 61.7 Å². The van der Waals surface area contributed by atoms with Crippen LogP contribution in [-0.4, -0.2) is 45.3 Å². The topological polar surface area (TPSA) is 96.3 Å². The molecule has 0 spiro atoms. The standard InChI is InChI=1S/C26H26ClN5O3/c1-3-22(33)28-18-9-5-8-17(16-18)25(35)30-26-29-21-12-6-11-20(27)24(21)32(26)19-10-7-14-31(15-13-19)23(34)4-2/h3-6,8-9,11-12,16,19H,1-2,7,10,13-15H2,(H,28,33)(H,29,30,35). The van der Waals surface area contributed by atoms with Gasteiger partial charge in [0.05, 0.1) is 16.1 Å². The summed E-state index contributed by atoms with van der Waals surface area (Å²) in [5.74, 6) is -0.441. The number of hydrogen-bond acceptors (Lipinski definition) is 4. The first-order chi connectivity index (χ1) is 16.9. The van der Waals surface area contributed by atoms with Crippen LogP contribution in [-0.2, 0) is 9.59 Å². The number of nitrogens with zero attached hydrogens (tertiary/aromatic N) is 3. The Morgan fingerprint density at radius 2 is 1.83 bits per heavy atom. The van der Waals surface area contributed by atoms with E-state index >= 15 is 0 Å². The summed E-state index contributed by atoms with van der Waals surface area (Å²) < 4.78 is 1.97. The minimum Gasteiger partial charge on any atom is -0.339 e. The molecule has 1 fully saturated rings. The Hall–Kier alpha value is -3.91. The normalized spacial score (nSPS) is 15.8. The number of fused-ring (bicyclic) bond motifs is 1. The minimum absolute atomic E-state index is 0.0176. The van der Waals surface area contributed by atoms with E-state index in [4.69, 9.17) is 11.6 Å². The zero-order valence-electron chi connectivity index (χ0n) is 19.2. The number of amides is 3. The molecular formula is C26H26ClN5O3. The lowest BCUT2D eigenvalue weighted by atomic mass is 10.1. The molecule has 0 bridgehead atoms. The van der Waals surface area contributed by atoms with Gasteiger partial charge in [-0.3, -0.25) is 19.7 Å². The average Bonchev–Trinajstić information content (AvgIpc) is 3.05. The van der Waals surface area contributed by atoms with Crippen molar-refractivity contribution in [3.63, 3.8) is 0 Å².